The van der Waals surface area contributed by atoms with Gasteiger partial charge < -0.3 is 5.73 Å². The van der Waals surface area contributed by atoms with Crippen LogP contribution in [-0.2, 0) is 6.42 Å². The number of thiophene rings is 1. The van der Waals surface area contributed by atoms with Crippen molar-refractivity contribution in [3.63, 3.8) is 0 Å². The largest absolute Gasteiger partial charge is 0.328 e. The third-order valence-corrected chi connectivity index (χ3v) is 5.30. The maximum atomic E-state index is 6.22. The van der Waals surface area contributed by atoms with Crippen LogP contribution in [0.25, 0.3) is 0 Å². The van der Waals surface area contributed by atoms with E-state index in [0.717, 1.165) is 12.3 Å². The van der Waals surface area contributed by atoms with E-state index in [1.54, 1.807) is 0 Å². The normalized spacial score (nSPS) is 19.8. The van der Waals surface area contributed by atoms with Gasteiger partial charge in [0.25, 0.3) is 0 Å². The van der Waals surface area contributed by atoms with Crippen LogP contribution in [0.2, 0.25) is 0 Å². The highest BCUT2D eigenvalue weighted by Crippen LogP contribution is 2.26. The van der Waals surface area contributed by atoms with Crippen molar-refractivity contribution in [3.8, 4) is 0 Å². The van der Waals surface area contributed by atoms with Crippen molar-refractivity contribution in [1.82, 2.24) is 0 Å². The van der Waals surface area contributed by atoms with Gasteiger partial charge in [0.15, 0.2) is 0 Å². The molecule has 0 aliphatic carbocycles. The van der Waals surface area contributed by atoms with Crippen LogP contribution in [0.4, 0.5) is 0 Å². The Bertz CT molecular complexity index is 278. The first-order valence-corrected chi connectivity index (χ1v) is 8.24. The number of aryl methyl sites for hydroxylation is 1. The van der Waals surface area contributed by atoms with Gasteiger partial charge in [-0.25, -0.2) is 0 Å². The topological polar surface area (TPSA) is 26.0 Å². The second kappa shape index (κ2) is 6.67. The molecule has 1 atom stereocenters. The predicted molar refractivity (Wildman–Crippen MR) is 75.3 cm³/mol. The summed E-state index contributed by atoms with van der Waals surface area (Å²) in [6.45, 7) is 0. The van der Waals surface area contributed by atoms with E-state index in [0.29, 0.717) is 6.04 Å². The fourth-order valence-corrected chi connectivity index (χ4v) is 4.24. The second-order valence-electron chi connectivity index (χ2n) is 4.67. The van der Waals surface area contributed by atoms with E-state index in [-0.39, 0.29) is 0 Å². The average molecular weight is 255 g/mol. The lowest BCUT2D eigenvalue weighted by molar-refractivity contribution is 0.396. The summed E-state index contributed by atoms with van der Waals surface area (Å²) in [4.78, 5) is 1.48. The summed E-state index contributed by atoms with van der Waals surface area (Å²) in [5, 5.41) is 2.15. The van der Waals surface area contributed by atoms with Gasteiger partial charge in [-0.1, -0.05) is 6.07 Å². The maximum absolute atomic E-state index is 6.22. The van der Waals surface area contributed by atoms with Crippen LogP contribution < -0.4 is 5.73 Å². The molecule has 2 N–H and O–H groups in total. The summed E-state index contributed by atoms with van der Waals surface area (Å²) in [5.41, 5.74) is 6.22. The van der Waals surface area contributed by atoms with Crippen molar-refractivity contribution < 1.29 is 0 Å². The lowest BCUT2D eigenvalue weighted by Crippen LogP contribution is -2.26. The lowest BCUT2D eigenvalue weighted by Gasteiger charge is -2.24. The van der Waals surface area contributed by atoms with E-state index >= 15 is 0 Å². The summed E-state index contributed by atoms with van der Waals surface area (Å²) >= 11 is 3.95. The molecule has 1 aromatic heterocycles. The van der Waals surface area contributed by atoms with Gasteiger partial charge in [-0.2, -0.15) is 11.8 Å². The van der Waals surface area contributed by atoms with Gasteiger partial charge in [0, 0.05) is 10.9 Å². The van der Waals surface area contributed by atoms with Gasteiger partial charge in [0.2, 0.25) is 0 Å². The van der Waals surface area contributed by atoms with Gasteiger partial charge >= 0.3 is 0 Å². The lowest BCUT2D eigenvalue weighted by atomic mass is 9.92. The Balaban J connectivity index is 1.65. The molecule has 2 rings (SSSR count). The van der Waals surface area contributed by atoms with Crippen molar-refractivity contribution >= 4 is 23.1 Å². The molecule has 0 amide bonds. The number of rotatable bonds is 5. The highest BCUT2D eigenvalue weighted by atomic mass is 32.2. The zero-order chi connectivity index (χ0) is 11.2. The van der Waals surface area contributed by atoms with Crippen LogP contribution in [0.15, 0.2) is 17.5 Å². The van der Waals surface area contributed by atoms with Gasteiger partial charge in [0.1, 0.15) is 0 Å². The van der Waals surface area contributed by atoms with Crippen LogP contribution in [0.1, 0.15) is 30.6 Å². The van der Waals surface area contributed by atoms with Crippen molar-refractivity contribution in [1.29, 1.82) is 0 Å². The Morgan fingerprint density at radius 2 is 2.19 bits per heavy atom. The zero-order valence-electron chi connectivity index (χ0n) is 9.73. The zero-order valence-corrected chi connectivity index (χ0v) is 11.4. The predicted octanol–water partition coefficient (Wildman–Crippen LogP) is 3.54. The molecule has 3 heteroatoms. The van der Waals surface area contributed by atoms with Crippen molar-refractivity contribution in [2.24, 2.45) is 11.7 Å². The third-order valence-electron chi connectivity index (χ3n) is 3.32. The molecule has 16 heavy (non-hydrogen) atoms. The third kappa shape index (κ3) is 4.11. The van der Waals surface area contributed by atoms with Crippen LogP contribution in [0.5, 0.6) is 0 Å². The van der Waals surface area contributed by atoms with E-state index in [1.165, 1.54) is 42.1 Å². The Morgan fingerprint density at radius 3 is 2.88 bits per heavy atom. The van der Waals surface area contributed by atoms with Crippen molar-refractivity contribution in [2.45, 2.75) is 38.1 Å². The summed E-state index contributed by atoms with van der Waals surface area (Å²) in [6.07, 6.45) is 6.34. The standard InChI is InChI=1S/C13H21NS2/c14-12(3-4-13-2-1-7-16-13)10-11-5-8-15-9-6-11/h1-2,7,11-12H,3-6,8-10,14H2. The van der Waals surface area contributed by atoms with Gasteiger partial charge in [-0.15, -0.1) is 11.3 Å². The summed E-state index contributed by atoms with van der Waals surface area (Å²) < 4.78 is 0. The molecule has 1 aliphatic heterocycles. The summed E-state index contributed by atoms with van der Waals surface area (Å²) in [7, 11) is 0. The summed E-state index contributed by atoms with van der Waals surface area (Å²) in [6, 6.07) is 4.76. The van der Waals surface area contributed by atoms with Crippen LogP contribution >= 0.6 is 23.1 Å². The molecular weight excluding hydrogens is 234 g/mol. The smallest absolute Gasteiger partial charge is 0.00458 e. The fourth-order valence-electron chi connectivity index (χ4n) is 2.31. The Labute approximate surface area is 107 Å². The minimum Gasteiger partial charge on any atom is -0.328 e. The summed E-state index contributed by atoms with van der Waals surface area (Å²) in [5.74, 6) is 3.60. The molecule has 1 saturated heterocycles. The molecule has 1 unspecified atom stereocenters. The monoisotopic (exact) mass is 255 g/mol. The van der Waals surface area contributed by atoms with Crippen LogP contribution in [0.3, 0.4) is 0 Å². The highest BCUT2D eigenvalue weighted by Gasteiger charge is 2.16. The Morgan fingerprint density at radius 1 is 1.38 bits per heavy atom. The minimum atomic E-state index is 0.412. The first-order chi connectivity index (χ1) is 7.84. The van der Waals surface area contributed by atoms with Crippen molar-refractivity contribution in [3.05, 3.63) is 22.4 Å². The molecule has 1 nitrogen and oxygen atoms in total. The number of hydrogen-bond donors (Lipinski definition) is 1. The molecule has 1 aliphatic rings. The van der Waals surface area contributed by atoms with Gasteiger partial charge in [-0.3, -0.25) is 0 Å². The van der Waals surface area contributed by atoms with Crippen LogP contribution in [0, 0.1) is 5.92 Å². The van der Waals surface area contributed by atoms with Crippen molar-refractivity contribution in [2.75, 3.05) is 11.5 Å². The number of nitrogens with two attached hydrogens (primary N) is 1. The minimum absolute atomic E-state index is 0.412. The van der Waals surface area contributed by atoms with Gasteiger partial charge in [-0.05, 0) is 61.0 Å². The molecule has 90 valence electrons. The fraction of sp³-hybridized carbons (Fsp3) is 0.692. The molecule has 1 fully saturated rings. The molecule has 1 aromatic rings. The van der Waals surface area contributed by atoms with E-state index in [1.807, 2.05) is 11.3 Å². The van der Waals surface area contributed by atoms with Gasteiger partial charge in [0.05, 0.1) is 0 Å². The van der Waals surface area contributed by atoms with E-state index in [9.17, 15) is 0 Å². The molecule has 0 bridgehead atoms. The Hall–Kier alpha value is 0.01000. The molecular formula is C13H21NS2. The number of hydrogen-bond acceptors (Lipinski definition) is 3. The molecule has 0 spiro atoms. The van der Waals surface area contributed by atoms with Crippen LogP contribution in [-0.4, -0.2) is 17.5 Å². The van der Waals surface area contributed by atoms with E-state index in [4.69, 9.17) is 5.73 Å². The quantitative estimate of drug-likeness (QED) is 0.871. The number of thioether (sulfide) groups is 1. The average Bonchev–Trinajstić information content (AvgIpc) is 2.81. The highest BCUT2D eigenvalue weighted by molar-refractivity contribution is 7.99. The molecule has 0 aromatic carbocycles. The first-order valence-electron chi connectivity index (χ1n) is 6.20. The molecule has 0 saturated carbocycles. The SMILES string of the molecule is NC(CCc1cccs1)CC1CCSCC1. The van der Waals surface area contributed by atoms with E-state index < -0.39 is 0 Å². The maximum Gasteiger partial charge on any atom is 0.00458 e. The Kier molecular flexibility index (Phi) is 5.20. The van der Waals surface area contributed by atoms with E-state index in [2.05, 4.69) is 29.3 Å². The molecule has 0 radical (unpaired) electrons. The molecule has 2 heterocycles. The first kappa shape index (κ1) is 12.5. The second-order valence-corrected chi connectivity index (χ2v) is 6.93.